The highest BCUT2D eigenvalue weighted by Crippen LogP contribution is 2.23. The van der Waals surface area contributed by atoms with Crippen LogP contribution < -0.4 is 10.6 Å². The summed E-state index contributed by atoms with van der Waals surface area (Å²) in [6, 6.07) is 21.6. The monoisotopic (exact) mass is 449 g/mol. The van der Waals surface area contributed by atoms with Crippen LogP contribution >= 0.6 is 0 Å². The molecule has 3 heterocycles. The van der Waals surface area contributed by atoms with Gasteiger partial charge in [-0.1, -0.05) is 12.1 Å². The number of nitrogens with zero attached hydrogens (tertiary/aromatic N) is 5. The van der Waals surface area contributed by atoms with Crippen molar-refractivity contribution in [3.63, 3.8) is 0 Å². The summed E-state index contributed by atoms with van der Waals surface area (Å²) in [6.45, 7) is 1.43. The highest BCUT2D eigenvalue weighted by Gasteiger charge is 2.11. The van der Waals surface area contributed by atoms with Gasteiger partial charge in [-0.3, -0.25) is 14.6 Å². The molecule has 0 fully saturated rings. The molecule has 0 aliphatic heterocycles. The Labute approximate surface area is 194 Å². The van der Waals surface area contributed by atoms with Crippen LogP contribution in [0.15, 0.2) is 85.2 Å². The van der Waals surface area contributed by atoms with Gasteiger partial charge in [0.15, 0.2) is 11.5 Å². The lowest BCUT2D eigenvalue weighted by atomic mass is 10.1. The van der Waals surface area contributed by atoms with Crippen LogP contribution in [-0.4, -0.2) is 36.6 Å². The standard InChI is InChI=1S/C25H19N7O2/c1-16(33)27-20-10-6-18(7-11-20)25(34)28-21-8-4-17(5-9-21)22-12-13-23-29-30-24(32(23)31-22)19-3-2-14-26-15-19/h2-15H,1H3,(H,27,33)(H,28,34). The number of hydrogen-bond donors (Lipinski definition) is 2. The van der Waals surface area contributed by atoms with Gasteiger partial charge in [0.1, 0.15) is 0 Å². The summed E-state index contributed by atoms with van der Waals surface area (Å²) in [5.74, 6) is 0.203. The zero-order chi connectivity index (χ0) is 23.5. The van der Waals surface area contributed by atoms with Gasteiger partial charge in [0, 0.05) is 47.4 Å². The van der Waals surface area contributed by atoms with E-state index in [1.807, 2.05) is 48.5 Å². The van der Waals surface area contributed by atoms with Crippen molar-refractivity contribution in [2.75, 3.05) is 10.6 Å². The lowest BCUT2D eigenvalue weighted by Gasteiger charge is -2.08. The molecule has 3 aromatic heterocycles. The van der Waals surface area contributed by atoms with E-state index in [0.29, 0.717) is 28.4 Å². The van der Waals surface area contributed by atoms with E-state index in [1.165, 1.54) is 6.92 Å². The minimum Gasteiger partial charge on any atom is -0.326 e. The Balaban J connectivity index is 1.34. The number of carbonyl (C=O) groups excluding carboxylic acids is 2. The number of aromatic nitrogens is 5. The van der Waals surface area contributed by atoms with Crippen LogP contribution in [0.3, 0.4) is 0 Å². The van der Waals surface area contributed by atoms with Gasteiger partial charge in [-0.2, -0.15) is 9.61 Å². The van der Waals surface area contributed by atoms with E-state index in [9.17, 15) is 9.59 Å². The zero-order valence-electron chi connectivity index (χ0n) is 18.1. The summed E-state index contributed by atoms with van der Waals surface area (Å²) in [5, 5.41) is 18.7. The van der Waals surface area contributed by atoms with Crippen molar-refractivity contribution >= 4 is 28.8 Å². The van der Waals surface area contributed by atoms with E-state index in [2.05, 4.69) is 25.8 Å². The second-order valence-corrected chi connectivity index (χ2v) is 7.54. The predicted molar refractivity (Wildman–Crippen MR) is 128 cm³/mol. The molecule has 0 saturated heterocycles. The number of nitrogens with one attached hydrogen (secondary N) is 2. The predicted octanol–water partition coefficient (Wildman–Crippen LogP) is 4.06. The Hall–Kier alpha value is -4.92. The second kappa shape index (κ2) is 8.91. The molecular formula is C25H19N7O2. The molecule has 5 aromatic rings. The number of hydrogen-bond acceptors (Lipinski definition) is 6. The van der Waals surface area contributed by atoms with Gasteiger partial charge in [0.2, 0.25) is 5.91 Å². The van der Waals surface area contributed by atoms with E-state index in [0.717, 1.165) is 16.8 Å². The molecule has 2 N–H and O–H groups in total. The lowest BCUT2D eigenvalue weighted by Crippen LogP contribution is -2.12. The molecule has 0 radical (unpaired) electrons. The average Bonchev–Trinajstić information content (AvgIpc) is 3.28. The van der Waals surface area contributed by atoms with Crippen molar-refractivity contribution in [3.05, 3.63) is 90.8 Å². The van der Waals surface area contributed by atoms with Crippen molar-refractivity contribution < 1.29 is 9.59 Å². The van der Waals surface area contributed by atoms with Crippen LogP contribution in [0.1, 0.15) is 17.3 Å². The van der Waals surface area contributed by atoms with Crippen LogP contribution in [0.5, 0.6) is 0 Å². The van der Waals surface area contributed by atoms with Gasteiger partial charge in [-0.15, -0.1) is 10.2 Å². The molecule has 9 heteroatoms. The maximum atomic E-state index is 12.6. The van der Waals surface area contributed by atoms with Gasteiger partial charge in [0.25, 0.3) is 5.91 Å². The van der Waals surface area contributed by atoms with E-state index >= 15 is 0 Å². The maximum Gasteiger partial charge on any atom is 0.255 e. The number of rotatable bonds is 5. The fourth-order valence-electron chi connectivity index (χ4n) is 3.45. The minimum atomic E-state index is -0.243. The number of anilines is 2. The smallest absolute Gasteiger partial charge is 0.255 e. The molecule has 9 nitrogen and oxygen atoms in total. The van der Waals surface area contributed by atoms with Crippen LogP contribution in [0.4, 0.5) is 11.4 Å². The topological polar surface area (TPSA) is 114 Å². The Bertz CT molecular complexity index is 1480. The summed E-state index contributed by atoms with van der Waals surface area (Å²) in [7, 11) is 0. The summed E-state index contributed by atoms with van der Waals surface area (Å²) >= 11 is 0. The van der Waals surface area contributed by atoms with Crippen molar-refractivity contribution in [2.24, 2.45) is 0 Å². The van der Waals surface area contributed by atoms with Crippen molar-refractivity contribution in [2.45, 2.75) is 6.92 Å². The Kier molecular flexibility index (Phi) is 5.49. The van der Waals surface area contributed by atoms with Crippen LogP contribution in [-0.2, 0) is 4.79 Å². The van der Waals surface area contributed by atoms with Crippen molar-refractivity contribution in [1.29, 1.82) is 0 Å². The molecule has 0 saturated carbocycles. The quantitative estimate of drug-likeness (QED) is 0.418. The van der Waals surface area contributed by atoms with Gasteiger partial charge in [-0.25, -0.2) is 0 Å². The highest BCUT2D eigenvalue weighted by molar-refractivity contribution is 6.04. The number of benzene rings is 2. The summed E-state index contributed by atoms with van der Waals surface area (Å²) in [4.78, 5) is 27.8. The van der Waals surface area contributed by atoms with Crippen LogP contribution in [0.25, 0.3) is 28.3 Å². The molecule has 0 spiro atoms. The van der Waals surface area contributed by atoms with Crippen LogP contribution in [0.2, 0.25) is 0 Å². The van der Waals surface area contributed by atoms with E-state index in [1.54, 1.807) is 41.2 Å². The van der Waals surface area contributed by atoms with Crippen LogP contribution in [0, 0.1) is 0 Å². The number of pyridine rings is 1. The Morgan fingerprint density at radius 1 is 0.794 bits per heavy atom. The van der Waals surface area contributed by atoms with E-state index < -0.39 is 0 Å². The largest absolute Gasteiger partial charge is 0.326 e. The molecular weight excluding hydrogens is 430 g/mol. The molecule has 2 aromatic carbocycles. The zero-order valence-corrected chi connectivity index (χ0v) is 18.1. The van der Waals surface area contributed by atoms with Crippen molar-refractivity contribution in [1.82, 2.24) is 24.8 Å². The molecule has 5 rings (SSSR count). The normalized spacial score (nSPS) is 10.7. The second-order valence-electron chi connectivity index (χ2n) is 7.54. The minimum absolute atomic E-state index is 0.163. The van der Waals surface area contributed by atoms with E-state index in [4.69, 9.17) is 5.10 Å². The molecule has 166 valence electrons. The molecule has 0 aliphatic rings. The lowest BCUT2D eigenvalue weighted by molar-refractivity contribution is -0.114. The SMILES string of the molecule is CC(=O)Nc1ccc(C(=O)Nc2ccc(-c3ccc4nnc(-c5cccnc5)n4n3)cc2)cc1. The fourth-order valence-corrected chi connectivity index (χ4v) is 3.45. The third-order valence-corrected chi connectivity index (χ3v) is 5.09. The third-order valence-electron chi connectivity index (χ3n) is 5.09. The van der Waals surface area contributed by atoms with Gasteiger partial charge in [0.05, 0.1) is 5.69 Å². The molecule has 2 amide bonds. The van der Waals surface area contributed by atoms with Gasteiger partial charge >= 0.3 is 0 Å². The first kappa shape index (κ1) is 21.0. The first-order valence-corrected chi connectivity index (χ1v) is 10.5. The maximum absolute atomic E-state index is 12.6. The molecule has 34 heavy (non-hydrogen) atoms. The molecule has 0 unspecified atom stereocenters. The third kappa shape index (κ3) is 4.35. The van der Waals surface area contributed by atoms with Gasteiger partial charge < -0.3 is 10.6 Å². The first-order chi connectivity index (χ1) is 16.6. The summed E-state index contributed by atoms with van der Waals surface area (Å²) in [5.41, 5.74) is 4.85. The summed E-state index contributed by atoms with van der Waals surface area (Å²) in [6.07, 6.45) is 3.42. The average molecular weight is 449 g/mol. The van der Waals surface area contributed by atoms with Crippen molar-refractivity contribution in [3.8, 4) is 22.6 Å². The molecule has 0 bridgehead atoms. The number of amides is 2. The molecule has 0 aliphatic carbocycles. The number of fused-ring (bicyclic) bond motifs is 1. The Morgan fingerprint density at radius 3 is 2.24 bits per heavy atom. The van der Waals surface area contributed by atoms with E-state index in [-0.39, 0.29) is 11.8 Å². The first-order valence-electron chi connectivity index (χ1n) is 10.5. The summed E-state index contributed by atoms with van der Waals surface area (Å²) < 4.78 is 1.69. The Morgan fingerprint density at radius 2 is 1.53 bits per heavy atom. The molecule has 0 atom stereocenters. The fraction of sp³-hybridized carbons (Fsp3) is 0.0400. The van der Waals surface area contributed by atoms with Gasteiger partial charge in [-0.05, 0) is 60.7 Å². The number of carbonyl (C=O) groups is 2. The highest BCUT2D eigenvalue weighted by atomic mass is 16.2.